The van der Waals surface area contributed by atoms with E-state index in [9.17, 15) is 0 Å². The van der Waals surface area contributed by atoms with E-state index in [4.69, 9.17) is 5.73 Å². The van der Waals surface area contributed by atoms with Gasteiger partial charge in [-0.2, -0.15) is 10.2 Å². The highest BCUT2D eigenvalue weighted by atomic mass is 15.2. The monoisotopic (exact) mass is 285 g/mol. The van der Waals surface area contributed by atoms with Gasteiger partial charge in [0.25, 0.3) is 0 Å². The van der Waals surface area contributed by atoms with Gasteiger partial charge in [0, 0.05) is 25.0 Å². The highest BCUT2D eigenvalue weighted by Gasteiger charge is 2.16. The van der Waals surface area contributed by atoms with Crippen LogP contribution in [0.4, 0.5) is 5.69 Å². The minimum atomic E-state index is 0.777. The molecule has 0 spiro atoms. The van der Waals surface area contributed by atoms with Gasteiger partial charge >= 0.3 is 0 Å². The maximum absolute atomic E-state index is 5.61. The zero-order valence-corrected chi connectivity index (χ0v) is 12.4. The molecule has 2 N–H and O–H groups in total. The van der Waals surface area contributed by atoms with Gasteiger partial charge in [-0.15, -0.1) is 0 Å². The van der Waals surface area contributed by atoms with Gasteiger partial charge in [0.1, 0.15) is 0 Å². The standard InChI is InChI=1S/C16H23N5/c17-7-3-8-20-9-4-10-21(12-11-20)16-13-18-19-15-6-2-1-5-14(15)16/h1-2,5-6,13H,3-4,7-12,17H2. The summed E-state index contributed by atoms with van der Waals surface area (Å²) in [6.45, 7) is 6.26. The number of fused-ring (bicyclic) bond motifs is 1. The van der Waals surface area contributed by atoms with Gasteiger partial charge in [0.15, 0.2) is 0 Å². The lowest BCUT2D eigenvalue weighted by Crippen LogP contribution is -2.32. The number of anilines is 1. The van der Waals surface area contributed by atoms with E-state index >= 15 is 0 Å². The van der Waals surface area contributed by atoms with Crippen LogP contribution in [0.1, 0.15) is 12.8 Å². The van der Waals surface area contributed by atoms with Crippen molar-refractivity contribution in [2.24, 2.45) is 5.73 Å². The molecular weight excluding hydrogens is 262 g/mol. The zero-order valence-electron chi connectivity index (χ0n) is 12.4. The average molecular weight is 285 g/mol. The number of nitrogens with two attached hydrogens (primary N) is 1. The number of rotatable bonds is 4. The van der Waals surface area contributed by atoms with E-state index in [1.165, 1.54) is 17.5 Å². The molecule has 2 heterocycles. The van der Waals surface area contributed by atoms with E-state index in [1.54, 1.807) is 0 Å². The lowest BCUT2D eigenvalue weighted by atomic mass is 10.2. The third kappa shape index (κ3) is 3.31. The summed E-state index contributed by atoms with van der Waals surface area (Å²) < 4.78 is 0. The topological polar surface area (TPSA) is 58.3 Å². The summed E-state index contributed by atoms with van der Waals surface area (Å²) in [6, 6.07) is 8.24. The van der Waals surface area contributed by atoms with Crippen molar-refractivity contribution in [2.75, 3.05) is 44.2 Å². The van der Waals surface area contributed by atoms with Gasteiger partial charge in [0.2, 0.25) is 0 Å². The van der Waals surface area contributed by atoms with E-state index in [-0.39, 0.29) is 0 Å². The second-order valence-electron chi connectivity index (χ2n) is 5.57. The molecule has 0 saturated carbocycles. The maximum Gasteiger partial charge on any atom is 0.0950 e. The third-order valence-electron chi connectivity index (χ3n) is 4.13. The third-order valence-corrected chi connectivity index (χ3v) is 4.13. The van der Waals surface area contributed by atoms with E-state index in [2.05, 4.69) is 32.1 Å². The van der Waals surface area contributed by atoms with Crippen LogP contribution in [0.5, 0.6) is 0 Å². The van der Waals surface area contributed by atoms with E-state index < -0.39 is 0 Å². The van der Waals surface area contributed by atoms with Gasteiger partial charge in [-0.05, 0) is 38.5 Å². The van der Waals surface area contributed by atoms with Crippen LogP contribution in [-0.4, -0.2) is 54.4 Å². The summed E-state index contributed by atoms with van der Waals surface area (Å²) in [5.74, 6) is 0. The predicted octanol–water partition coefficient (Wildman–Crippen LogP) is 1.49. The number of hydrogen-bond donors (Lipinski definition) is 1. The minimum absolute atomic E-state index is 0.777. The summed E-state index contributed by atoms with van der Waals surface area (Å²) in [7, 11) is 0. The SMILES string of the molecule is NCCCN1CCCN(c2cnnc3ccccc23)CC1. The molecule has 5 heteroatoms. The molecule has 1 fully saturated rings. The van der Waals surface area contributed by atoms with Gasteiger partial charge in [-0.1, -0.05) is 18.2 Å². The average Bonchev–Trinajstić information content (AvgIpc) is 2.78. The molecule has 112 valence electrons. The summed E-state index contributed by atoms with van der Waals surface area (Å²) in [5.41, 5.74) is 7.79. The summed E-state index contributed by atoms with van der Waals surface area (Å²) in [5, 5.41) is 9.58. The molecule has 5 nitrogen and oxygen atoms in total. The fourth-order valence-electron chi connectivity index (χ4n) is 3.00. The first-order valence-electron chi connectivity index (χ1n) is 7.76. The molecule has 0 amide bonds. The van der Waals surface area contributed by atoms with Gasteiger partial charge < -0.3 is 15.5 Å². The Bertz CT molecular complexity index is 580. The van der Waals surface area contributed by atoms with Crippen LogP contribution in [0.3, 0.4) is 0 Å². The quantitative estimate of drug-likeness (QED) is 0.922. The van der Waals surface area contributed by atoms with Gasteiger partial charge in [-0.25, -0.2) is 0 Å². The van der Waals surface area contributed by atoms with E-state index in [0.29, 0.717) is 0 Å². The number of nitrogens with zero attached hydrogens (tertiary/aromatic N) is 4. The Labute approximate surface area is 125 Å². The van der Waals surface area contributed by atoms with Crippen molar-refractivity contribution < 1.29 is 0 Å². The Balaban J connectivity index is 1.77. The molecule has 0 bridgehead atoms. The number of benzene rings is 1. The molecule has 3 rings (SSSR count). The molecule has 1 aromatic carbocycles. The molecule has 0 unspecified atom stereocenters. The van der Waals surface area contributed by atoms with Crippen LogP contribution in [0, 0.1) is 0 Å². The van der Waals surface area contributed by atoms with Gasteiger partial charge in [-0.3, -0.25) is 0 Å². The van der Waals surface area contributed by atoms with Crippen LogP contribution >= 0.6 is 0 Å². The highest BCUT2D eigenvalue weighted by Crippen LogP contribution is 2.25. The number of aromatic nitrogens is 2. The Hall–Kier alpha value is -1.72. The first kappa shape index (κ1) is 14.2. The minimum Gasteiger partial charge on any atom is -0.368 e. The maximum atomic E-state index is 5.61. The van der Waals surface area contributed by atoms with Crippen molar-refractivity contribution >= 4 is 16.6 Å². The summed E-state index contributed by atoms with van der Waals surface area (Å²) in [4.78, 5) is 4.96. The molecule has 1 saturated heterocycles. The molecule has 0 radical (unpaired) electrons. The fraction of sp³-hybridized carbons (Fsp3) is 0.500. The molecule has 1 aromatic heterocycles. The molecule has 2 aromatic rings. The molecule has 1 aliphatic rings. The summed E-state index contributed by atoms with van der Waals surface area (Å²) in [6.07, 6.45) is 4.17. The second kappa shape index (κ2) is 6.83. The van der Waals surface area contributed by atoms with Crippen molar-refractivity contribution in [2.45, 2.75) is 12.8 Å². The van der Waals surface area contributed by atoms with Crippen molar-refractivity contribution in [1.29, 1.82) is 0 Å². The lowest BCUT2D eigenvalue weighted by molar-refractivity contribution is 0.291. The molecular formula is C16H23N5. The Morgan fingerprint density at radius 2 is 2.00 bits per heavy atom. The fourth-order valence-corrected chi connectivity index (χ4v) is 3.00. The van der Waals surface area contributed by atoms with Crippen LogP contribution in [0.25, 0.3) is 10.9 Å². The van der Waals surface area contributed by atoms with E-state index in [1.807, 2.05) is 18.3 Å². The predicted molar refractivity (Wildman–Crippen MR) is 86.5 cm³/mol. The van der Waals surface area contributed by atoms with Crippen LogP contribution in [0.2, 0.25) is 0 Å². The van der Waals surface area contributed by atoms with Crippen molar-refractivity contribution in [3.05, 3.63) is 30.5 Å². The Morgan fingerprint density at radius 1 is 1.10 bits per heavy atom. The number of hydrogen-bond acceptors (Lipinski definition) is 5. The zero-order chi connectivity index (χ0) is 14.5. The van der Waals surface area contributed by atoms with Crippen molar-refractivity contribution in [3.8, 4) is 0 Å². The molecule has 0 aliphatic carbocycles. The normalized spacial score (nSPS) is 17.1. The van der Waals surface area contributed by atoms with E-state index in [0.717, 1.165) is 51.2 Å². The molecule has 0 atom stereocenters. The van der Waals surface area contributed by atoms with Crippen LogP contribution < -0.4 is 10.6 Å². The largest absolute Gasteiger partial charge is 0.368 e. The first-order chi connectivity index (χ1) is 10.4. The van der Waals surface area contributed by atoms with Gasteiger partial charge in [0.05, 0.1) is 17.4 Å². The first-order valence-corrected chi connectivity index (χ1v) is 7.76. The van der Waals surface area contributed by atoms with Crippen LogP contribution in [-0.2, 0) is 0 Å². The Morgan fingerprint density at radius 3 is 2.90 bits per heavy atom. The van der Waals surface area contributed by atoms with Crippen LogP contribution in [0.15, 0.2) is 30.5 Å². The second-order valence-corrected chi connectivity index (χ2v) is 5.57. The smallest absolute Gasteiger partial charge is 0.0950 e. The highest BCUT2D eigenvalue weighted by molar-refractivity contribution is 5.90. The molecule has 1 aliphatic heterocycles. The lowest BCUT2D eigenvalue weighted by Gasteiger charge is -2.24. The molecule has 21 heavy (non-hydrogen) atoms. The van der Waals surface area contributed by atoms with Crippen molar-refractivity contribution in [1.82, 2.24) is 15.1 Å². The summed E-state index contributed by atoms with van der Waals surface area (Å²) >= 11 is 0. The Kier molecular flexibility index (Phi) is 4.62. The van der Waals surface area contributed by atoms with Crippen molar-refractivity contribution in [3.63, 3.8) is 0 Å².